The van der Waals surface area contributed by atoms with Gasteiger partial charge in [-0.1, -0.05) is 18.0 Å². The van der Waals surface area contributed by atoms with Crippen LogP contribution in [0.15, 0.2) is 24.7 Å². The number of anilines is 1. The lowest BCUT2D eigenvalue weighted by atomic mass is 9.84. The molecule has 0 spiro atoms. The summed E-state index contributed by atoms with van der Waals surface area (Å²) in [5, 5.41) is 4.29. The highest BCUT2D eigenvalue weighted by Gasteiger charge is 2.34. The van der Waals surface area contributed by atoms with Gasteiger partial charge in [0.25, 0.3) is 0 Å². The van der Waals surface area contributed by atoms with Gasteiger partial charge in [0.05, 0.1) is 30.5 Å². The van der Waals surface area contributed by atoms with Gasteiger partial charge in [0, 0.05) is 42.4 Å². The third-order valence-electron chi connectivity index (χ3n) is 5.95. The number of H-pyrrole nitrogens is 1. The number of carbonyl (C=O) groups is 1. The molecule has 1 amide bonds. The first-order chi connectivity index (χ1) is 15.1. The van der Waals surface area contributed by atoms with E-state index < -0.39 is 5.82 Å². The number of aromatic amines is 1. The quantitative estimate of drug-likeness (QED) is 0.627. The van der Waals surface area contributed by atoms with E-state index >= 15 is 0 Å². The Hall–Kier alpha value is -2.78. The number of halogens is 2. The first-order valence-electron chi connectivity index (χ1n) is 10.4. The molecular weight excluding hydrogens is 423 g/mol. The van der Waals surface area contributed by atoms with Crippen LogP contribution in [-0.2, 0) is 9.53 Å². The topological polar surface area (TPSA) is 96.0 Å². The van der Waals surface area contributed by atoms with E-state index in [1.165, 1.54) is 0 Å². The Bertz CT molecular complexity index is 1120. The predicted octanol–water partition coefficient (Wildman–Crippen LogP) is 3.25. The second-order valence-corrected chi connectivity index (χ2v) is 8.35. The van der Waals surface area contributed by atoms with E-state index in [0.29, 0.717) is 48.4 Å². The molecule has 1 saturated heterocycles. The van der Waals surface area contributed by atoms with Crippen molar-refractivity contribution in [3.05, 3.63) is 35.5 Å². The van der Waals surface area contributed by atoms with Crippen LogP contribution >= 0.6 is 11.6 Å². The molecule has 3 aromatic rings. The van der Waals surface area contributed by atoms with Crippen LogP contribution in [0.5, 0.6) is 0 Å². The molecule has 2 aliphatic rings. The molecule has 4 heterocycles. The maximum absolute atomic E-state index is 14.5. The zero-order valence-electron chi connectivity index (χ0n) is 16.8. The van der Waals surface area contributed by atoms with Crippen LogP contribution in [0, 0.1) is 11.7 Å². The average Bonchev–Trinajstić information content (AvgIpc) is 3.15. The Morgan fingerprint density at radius 1 is 1.35 bits per heavy atom. The second kappa shape index (κ2) is 8.39. The highest BCUT2D eigenvalue weighted by molar-refractivity contribution is 6.31. The van der Waals surface area contributed by atoms with Gasteiger partial charge in [-0.25, -0.2) is 19.3 Å². The number of hydrogen-bond donors (Lipinski definition) is 2. The molecule has 1 saturated carbocycles. The molecule has 1 aliphatic carbocycles. The molecule has 0 bridgehead atoms. The summed E-state index contributed by atoms with van der Waals surface area (Å²) < 4.78 is 20.0. The lowest BCUT2D eigenvalue weighted by Gasteiger charge is -2.39. The molecule has 31 heavy (non-hydrogen) atoms. The third-order valence-corrected chi connectivity index (χ3v) is 6.16. The van der Waals surface area contributed by atoms with Gasteiger partial charge in [0.2, 0.25) is 5.91 Å². The molecular formula is C21H22ClFN6O2. The van der Waals surface area contributed by atoms with E-state index in [-0.39, 0.29) is 23.7 Å². The van der Waals surface area contributed by atoms with Crippen molar-refractivity contribution in [3.8, 4) is 11.4 Å². The highest BCUT2D eigenvalue weighted by Crippen LogP contribution is 2.30. The molecule has 5 rings (SSSR count). The smallest absolute Gasteiger partial charge is 0.226 e. The number of fused-ring (bicyclic) bond motifs is 1. The Balaban J connectivity index is 1.35. The Kier molecular flexibility index (Phi) is 5.45. The fraction of sp³-hybridized carbons (Fsp3) is 0.429. The molecule has 0 aromatic carbocycles. The minimum atomic E-state index is -0.562. The summed E-state index contributed by atoms with van der Waals surface area (Å²) in [6.07, 6.45) is 7.40. The zero-order chi connectivity index (χ0) is 21.4. The number of nitrogens with zero attached hydrogens (tertiary/aromatic N) is 4. The van der Waals surface area contributed by atoms with E-state index in [1.807, 2.05) is 4.90 Å². The summed E-state index contributed by atoms with van der Waals surface area (Å²) in [5.41, 5.74) is 1.32. The number of morpholine rings is 1. The van der Waals surface area contributed by atoms with Gasteiger partial charge in [-0.2, -0.15) is 0 Å². The summed E-state index contributed by atoms with van der Waals surface area (Å²) >= 11 is 6.07. The summed E-state index contributed by atoms with van der Waals surface area (Å²) in [7, 11) is 0. The number of pyridine rings is 1. The molecule has 1 aliphatic heterocycles. The van der Waals surface area contributed by atoms with E-state index in [0.717, 1.165) is 30.8 Å². The predicted molar refractivity (Wildman–Crippen MR) is 114 cm³/mol. The number of ether oxygens (including phenoxy) is 1. The van der Waals surface area contributed by atoms with Gasteiger partial charge in [-0.15, -0.1) is 0 Å². The van der Waals surface area contributed by atoms with E-state index in [2.05, 4.69) is 25.3 Å². The van der Waals surface area contributed by atoms with Crippen LogP contribution in [0.25, 0.3) is 22.4 Å². The average molecular weight is 445 g/mol. The standard InChI is InChI=1S/C21H22ClFN6O2/c22-13-6-15-16(9-26-18(15)24-7-13)19-27-10-17(23)20(28-19)25-8-14-11-31-5-4-29(14)21(30)12-2-1-3-12/h6-7,9-10,12,14H,1-5,8,11H2,(H,24,26)(H,25,27,28). The van der Waals surface area contributed by atoms with Crippen molar-refractivity contribution < 1.29 is 13.9 Å². The Labute approximate surface area is 183 Å². The van der Waals surface area contributed by atoms with Gasteiger partial charge < -0.3 is 19.9 Å². The minimum Gasteiger partial charge on any atom is -0.377 e. The number of amides is 1. The van der Waals surface area contributed by atoms with Crippen molar-refractivity contribution in [2.24, 2.45) is 5.92 Å². The number of aromatic nitrogens is 4. The Morgan fingerprint density at radius 2 is 2.23 bits per heavy atom. The monoisotopic (exact) mass is 444 g/mol. The van der Waals surface area contributed by atoms with Gasteiger partial charge in [0.1, 0.15) is 5.65 Å². The van der Waals surface area contributed by atoms with Crippen molar-refractivity contribution in [2.75, 3.05) is 31.6 Å². The van der Waals surface area contributed by atoms with Gasteiger partial charge >= 0.3 is 0 Å². The summed E-state index contributed by atoms with van der Waals surface area (Å²) in [6.45, 7) is 1.84. The minimum absolute atomic E-state index is 0.0796. The van der Waals surface area contributed by atoms with E-state index in [4.69, 9.17) is 16.3 Å². The van der Waals surface area contributed by atoms with Crippen molar-refractivity contribution in [3.63, 3.8) is 0 Å². The van der Waals surface area contributed by atoms with Crippen LogP contribution in [0.3, 0.4) is 0 Å². The third kappa shape index (κ3) is 3.95. The van der Waals surface area contributed by atoms with Crippen LogP contribution in [0.4, 0.5) is 10.2 Å². The number of hydrogen-bond acceptors (Lipinski definition) is 6. The summed E-state index contributed by atoms with van der Waals surface area (Å²) in [6, 6.07) is 1.59. The molecule has 1 unspecified atom stereocenters. The SMILES string of the molecule is O=C(C1CCC1)N1CCOCC1CNc1nc(-c2c[nH]c3ncc(Cl)cc23)ncc1F. The van der Waals surface area contributed by atoms with Crippen LogP contribution in [0.1, 0.15) is 19.3 Å². The largest absolute Gasteiger partial charge is 0.377 e. The van der Waals surface area contributed by atoms with Crippen LogP contribution in [0.2, 0.25) is 5.02 Å². The van der Waals surface area contributed by atoms with Crippen molar-refractivity contribution in [1.82, 2.24) is 24.8 Å². The normalized spacial score (nSPS) is 19.4. The summed E-state index contributed by atoms with van der Waals surface area (Å²) in [4.78, 5) is 30.4. The maximum atomic E-state index is 14.5. The molecule has 2 N–H and O–H groups in total. The number of rotatable bonds is 5. The molecule has 162 valence electrons. The second-order valence-electron chi connectivity index (χ2n) is 7.91. The van der Waals surface area contributed by atoms with Crippen LogP contribution in [-0.4, -0.2) is 63.1 Å². The van der Waals surface area contributed by atoms with Gasteiger partial charge in [-0.3, -0.25) is 4.79 Å². The lowest BCUT2D eigenvalue weighted by Crippen LogP contribution is -2.54. The maximum Gasteiger partial charge on any atom is 0.226 e. The van der Waals surface area contributed by atoms with Crippen molar-refractivity contribution in [2.45, 2.75) is 25.3 Å². The molecule has 2 fully saturated rings. The summed E-state index contributed by atoms with van der Waals surface area (Å²) in [5.74, 6) is 0.157. The fourth-order valence-corrected chi connectivity index (χ4v) is 4.16. The lowest BCUT2D eigenvalue weighted by molar-refractivity contribution is -0.146. The van der Waals surface area contributed by atoms with E-state index in [1.54, 1.807) is 18.5 Å². The van der Waals surface area contributed by atoms with Gasteiger partial charge in [0.15, 0.2) is 17.5 Å². The van der Waals surface area contributed by atoms with Crippen molar-refractivity contribution in [1.29, 1.82) is 0 Å². The first kappa shape index (κ1) is 20.1. The van der Waals surface area contributed by atoms with Crippen LogP contribution < -0.4 is 5.32 Å². The Morgan fingerprint density at radius 3 is 3.03 bits per heavy atom. The number of carbonyl (C=O) groups excluding carboxylic acids is 1. The molecule has 10 heteroatoms. The molecule has 3 aromatic heterocycles. The number of nitrogens with one attached hydrogen (secondary N) is 2. The highest BCUT2D eigenvalue weighted by atomic mass is 35.5. The van der Waals surface area contributed by atoms with Gasteiger partial charge in [-0.05, 0) is 18.9 Å². The van der Waals surface area contributed by atoms with Crippen molar-refractivity contribution >= 4 is 34.4 Å². The molecule has 1 atom stereocenters. The molecule has 8 nitrogen and oxygen atoms in total. The first-order valence-corrected chi connectivity index (χ1v) is 10.8. The van der Waals surface area contributed by atoms with E-state index in [9.17, 15) is 9.18 Å². The molecule has 0 radical (unpaired) electrons. The fourth-order valence-electron chi connectivity index (χ4n) is 4.00. The zero-order valence-corrected chi connectivity index (χ0v) is 17.5.